The van der Waals surface area contributed by atoms with Crippen LogP contribution in [0.2, 0.25) is 0 Å². The average molecular weight is 296 g/mol. The van der Waals surface area contributed by atoms with Crippen LogP contribution < -0.4 is 10.6 Å². The van der Waals surface area contributed by atoms with Crippen LogP contribution in [0.25, 0.3) is 0 Å². The SMILES string of the molecule is COC(=O)C1(Cc2ccccc2)NC(=O)c2ccccc2N1. The van der Waals surface area contributed by atoms with Crippen molar-refractivity contribution >= 4 is 17.6 Å². The van der Waals surface area contributed by atoms with Crippen LogP contribution in [0.1, 0.15) is 15.9 Å². The molecule has 1 aliphatic rings. The fourth-order valence-electron chi connectivity index (χ4n) is 2.65. The Bertz CT molecular complexity index is 715. The van der Waals surface area contributed by atoms with Gasteiger partial charge in [-0.3, -0.25) is 4.79 Å². The molecule has 2 N–H and O–H groups in total. The minimum absolute atomic E-state index is 0.292. The van der Waals surface area contributed by atoms with Crippen LogP contribution >= 0.6 is 0 Å². The summed E-state index contributed by atoms with van der Waals surface area (Å²) in [7, 11) is 1.31. The van der Waals surface area contributed by atoms with Crippen molar-refractivity contribution in [2.24, 2.45) is 0 Å². The van der Waals surface area contributed by atoms with E-state index in [2.05, 4.69) is 10.6 Å². The van der Waals surface area contributed by atoms with Gasteiger partial charge in [0.05, 0.1) is 12.7 Å². The number of benzene rings is 2. The zero-order valence-corrected chi connectivity index (χ0v) is 12.1. The number of ether oxygens (including phenoxy) is 1. The molecule has 0 saturated heterocycles. The lowest BCUT2D eigenvalue weighted by Crippen LogP contribution is -2.64. The highest BCUT2D eigenvalue weighted by atomic mass is 16.5. The number of carbonyl (C=O) groups excluding carboxylic acids is 2. The first kappa shape index (κ1) is 14.1. The van der Waals surface area contributed by atoms with E-state index in [0.29, 0.717) is 17.7 Å². The highest BCUT2D eigenvalue weighted by Crippen LogP contribution is 2.27. The van der Waals surface area contributed by atoms with Gasteiger partial charge in [0.15, 0.2) is 0 Å². The van der Waals surface area contributed by atoms with E-state index >= 15 is 0 Å². The average Bonchev–Trinajstić information content (AvgIpc) is 2.55. The summed E-state index contributed by atoms with van der Waals surface area (Å²) in [5.74, 6) is -0.824. The summed E-state index contributed by atoms with van der Waals surface area (Å²) in [6.07, 6.45) is 0.292. The lowest BCUT2D eigenvalue weighted by molar-refractivity contribution is -0.147. The molecule has 112 valence electrons. The Balaban J connectivity index is 2.02. The topological polar surface area (TPSA) is 67.4 Å². The van der Waals surface area contributed by atoms with Crippen LogP contribution in [-0.2, 0) is 16.0 Å². The van der Waals surface area contributed by atoms with Crippen molar-refractivity contribution in [3.05, 3.63) is 65.7 Å². The molecular weight excluding hydrogens is 280 g/mol. The number of methoxy groups -OCH3 is 1. The summed E-state index contributed by atoms with van der Waals surface area (Å²) in [5, 5.41) is 5.89. The number of rotatable bonds is 3. The highest BCUT2D eigenvalue weighted by Gasteiger charge is 2.45. The number of nitrogens with one attached hydrogen (secondary N) is 2. The molecule has 1 atom stereocenters. The maximum atomic E-state index is 12.4. The Labute approximate surface area is 128 Å². The van der Waals surface area contributed by atoms with Gasteiger partial charge < -0.3 is 15.4 Å². The van der Waals surface area contributed by atoms with Gasteiger partial charge in [0.1, 0.15) is 0 Å². The van der Waals surface area contributed by atoms with Crippen LogP contribution in [0, 0.1) is 0 Å². The molecule has 0 bridgehead atoms. The number of fused-ring (bicyclic) bond motifs is 1. The molecule has 22 heavy (non-hydrogen) atoms. The molecule has 1 heterocycles. The van der Waals surface area contributed by atoms with Crippen molar-refractivity contribution in [1.29, 1.82) is 0 Å². The molecule has 2 aromatic rings. The van der Waals surface area contributed by atoms with E-state index in [9.17, 15) is 9.59 Å². The number of amides is 1. The first-order valence-electron chi connectivity index (χ1n) is 6.97. The quantitative estimate of drug-likeness (QED) is 0.850. The van der Waals surface area contributed by atoms with Gasteiger partial charge in [-0.2, -0.15) is 0 Å². The third kappa shape index (κ3) is 2.41. The van der Waals surface area contributed by atoms with E-state index in [0.717, 1.165) is 5.56 Å². The standard InChI is InChI=1S/C17H16N2O3/c1-22-16(21)17(11-12-7-3-2-4-8-12)18-14-10-6-5-9-13(14)15(20)19-17/h2-10,18H,11H2,1H3,(H,19,20). The number of anilines is 1. The Morgan fingerprint density at radius 2 is 1.73 bits per heavy atom. The minimum atomic E-state index is -1.30. The van der Waals surface area contributed by atoms with Crippen molar-refractivity contribution in [3.8, 4) is 0 Å². The van der Waals surface area contributed by atoms with E-state index in [4.69, 9.17) is 4.74 Å². The summed E-state index contributed by atoms with van der Waals surface area (Å²) in [6, 6.07) is 16.6. The van der Waals surface area contributed by atoms with Crippen molar-refractivity contribution in [2.75, 3.05) is 12.4 Å². The van der Waals surface area contributed by atoms with Gasteiger partial charge >= 0.3 is 5.97 Å². The summed E-state index contributed by atoms with van der Waals surface area (Å²) >= 11 is 0. The van der Waals surface area contributed by atoms with Crippen LogP contribution in [-0.4, -0.2) is 24.6 Å². The summed E-state index contributed by atoms with van der Waals surface area (Å²) in [4.78, 5) is 24.7. The third-order valence-electron chi connectivity index (χ3n) is 3.69. The van der Waals surface area contributed by atoms with Gasteiger partial charge in [-0.15, -0.1) is 0 Å². The maximum Gasteiger partial charge on any atom is 0.353 e. The van der Waals surface area contributed by atoms with Gasteiger partial charge in [0.2, 0.25) is 5.66 Å². The summed E-state index contributed by atoms with van der Waals surface area (Å²) < 4.78 is 4.91. The van der Waals surface area contributed by atoms with E-state index in [1.54, 1.807) is 18.2 Å². The summed E-state index contributed by atoms with van der Waals surface area (Å²) in [5.41, 5.74) is 0.740. The molecule has 1 unspecified atom stereocenters. The van der Waals surface area contributed by atoms with Gasteiger partial charge in [-0.25, -0.2) is 4.79 Å². The van der Waals surface area contributed by atoms with Crippen molar-refractivity contribution < 1.29 is 14.3 Å². The molecule has 1 aliphatic heterocycles. The molecule has 1 amide bonds. The number of esters is 1. The Morgan fingerprint density at radius 3 is 2.45 bits per heavy atom. The Hall–Kier alpha value is -2.82. The molecule has 5 heteroatoms. The molecule has 0 saturated carbocycles. The smallest absolute Gasteiger partial charge is 0.353 e. The highest BCUT2D eigenvalue weighted by molar-refractivity contribution is 6.06. The van der Waals surface area contributed by atoms with Crippen LogP contribution in [0.3, 0.4) is 0 Å². The summed E-state index contributed by atoms with van der Waals surface area (Å²) in [6.45, 7) is 0. The zero-order valence-electron chi connectivity index (χ0n) is 12.1. The maximum absolute atomic E-state index is 12.4. The molecule has 0 aromatic heterocycles. The second-order valence-electron chi connectivity index (χ2n) is 5.18. The van der Waals surface area contributed by atoms with E-state index in [1.807, 2.05) is 36.4 Å². The molecule has 2 aromatic carbocycles. The van der Waals surface area contributed by atoms with Crippen LogP contribution in [0.5, 0.6) is 0 Å². The number of carbonyl (C=O) groups is 2. The molecule has 3 rings (SSSR count). The third-order valence-corrected chi connectivity index (χ3v) is 3.69. The molecule has 0 fully saturated rings. The van der Waals surface area contributed by atoms with Crippen molar-refractivity contribution in [1.82, 2.24) is 5.32 Å². The first-order chi connectivity index (χ1) is 10.6. The van der Waals surface area contributed by atoms with Crippen LogP contribution in [0.4, 0.5) is 5.69 Å². The predicted octanol–water partition coefficient (Wildman–Crippen LogP) is 1.95. The zero-order chi connectivity index (χ0) is 15.6. The van der Waals surface area contributed by atoms with E-state index in [1.165, 1.54) is 7.11 Å². The lowest BCUT2D eigenvalue weighted by Gasteiger charge is -2.37. The number of hydrogen-bond acceptors (Lipinski definition) is 4. The fraction of sp³-hybridized carbons (Fsp3) is 0.176. The molecule has 0 spiro atoms. The fourth-order valence-corrected chi connectivity index (χ4v) is 2.65. The minimum Gasteiger partial charge on any atom is -0.466 e. The largest absolute Gasteiger partial charge is 0.466 e. The Morgan fingerprint density at radius 1 is 1.05 bits per heavy atom. The van der Waals surface area contributed by atoms with Gasteiger partial charge in [0, 0.05) is 12.1 Å². The normalized spacial score (nSPS) is 19.6. The van der Waals surface area contributed by atoms with Crippen LogP contribution in [0.15, 0.2) is 54.6 Å². The van der Waals surface area contributed by atoms with Gasteiger partial charge in [-0.1, -0.05) is 42.5 Å². The van der Waals surface area contributed by atoms with E-state index in [-0.39, 0.29) is 5.91 Å². The molecule has 0 aliphatic carbocycles. The first-order valence-corrected chi connectivity index (χ1v) is 6.97. The number of para-hydroxylation sites is 1. The molecule has 0 radical (unpaired) electrons. The Kier molecular flexibility index (Phi) is 3.55. The van der Waals surface area contributed by atoms with Gasteiger partial charge in [0.25, 0.3) is 5.91 Å². The second-order valence-corrected chi connectivity index (χ2v) is 5.18. The molecule has 5 nitrogen and oxygen atoms in total. The van der Waals surface area contributed by atoms with Crippen molar-refractivity contribution in [3.63, 3.8) is 0 Å². The lowest BCUT2D eigenvalue weighted by atomic mass is 9.95. The van der Waals surface area contributed by atoms with E-state index < -0.39 is 11.6 Å². The van der Waals surface area contributed by atoms with Gasteiger partial charge in [-0.05, 0) is 17.7 Å². The monoisotopic (exact) mass is 296 g/mol. The van der Waals surface area contributed by atoms with Crippen molar-refractivity contribution in [2.45, 2.75) is 12.1 Å². The second kappa shape index (κ2) is 5.52. The number of hydrogen-bond donors (Lipinski definition) is 2. The molecular formula is C17H16N2O3. The predicted molar refractivity (Wildman–Crippen MR) is 82.4 cm³/mol.